The molecule has 2 unspecified atom stereocenters. The fourth-order valence-electron chi connectivity index (χ4n) is 13.0. The van der Waals surface area contributed by atoms with Crippen LogP contribution >= 0.6 is 0 Å². The standard InChI is InChI=1S/C68H48N2/c1-4-20-49(21-5-1)69(50-22-6-2-7-23-50)52-40-36-47(37-41-52)48-38-42-53(43-39-48)70(51-24-8-3-9-25-51)54-44-45-65-66(46-54)68(61-32-16-12-28-57(61)58-29-13-17-33-62(58)68)64-35-19-18-34-63(64)67(65)59-30-14-10-26-55(59)56-27-11-15-31-60(56)67/h1-28,30-46,58H,29H2. The van der Waals surface area contributed by atoms with Gasteiger partial charge in [-0.3, -0.25) is 0 Å². The highest BCUT2D eigenvalue weighted by atomic mass is 15.1. The summed E-state index contributed by atoms with van der Waals surface area (Å²) >= 11 is 0. The summed E-state index contributed by atoms with van der Waals surface area (Å²) < 4.78 is 0. The average Bonchev–Trinajstić information content (AvgIpc) is 3.90. The van der Waals surface area contributed by atoms with E-state index in [2.05, 4.69) is 283 Å². The molecule has 10 aromatic rings. The second-order valence-electron chi connectivity index (χ2n) is 19.1. The number of para-hydroxylation sites is 3. The van der Waals surface area contributed by atoms with Gasteiger partial charge in [-0.2, -0.15) is 0 Å². The fraction of sp³-hybridized carbons (Fsp3) is 0.0588. The van der Waals surface area contributed by atoms with Crippen LogP contribution in [-0.2, 0) is 10.8 Å². The van der Waals surface area contributed by atoms with E-state index in [1.54, 1.807) is 0 Å². The van der Waals surface area contributed by atoms with Gasteiger partial charge in [0.2, 0.25) is 0 Å². The van der Waals surface area contributed by atoms with Crippen molar-refractivity contribution in [1.82, 2.24) is 0 Å². The van der Waals surface area contributed by atoms with Crippen molar-refractivity contribution in [1.29, 1.82) is 0 Å². The first kappa shape index (κ1) is 40.4. The van der Waals surface area contributed by atoms with E-state index in [9.17, 15) is 0 Å². The Morgan fingerprint density at radius 2 is 0.714 bits per heavy atom. The second-order valence-corrected chi connectivity index (χ2v) is 19.1. The van der Waals surface area contributed by atoms with Crippen LogP contribution in [0.25, 0.3) is 22.3 Å². The van der Waals surface area contributed by atoms with Crippen molar-refractivity contribution >= 4 is 34.1 Å². The molecule has 0 fully saturated rings. The van der Waals surface area contributed by atoms with E-state index in [1.165, 1.54) is 72.3 Å². The number of benzene rings is 10. The highest BCUT2D eigenvalue weighted by molar-refractivity contribution is 5.92. The Morgan fingerprint density at radius 3 is 1.26 bits per heavy atom. The molecule has 2 nitrogen and oxygen atoms in total. The van der Waals surface area contributed by atoms with Gasteiger partial charge in [0.05, 0.1) is 10.8 Å². The average molecular weight is 893 g/mol. The minimum atomic E-state index is -0.519. The van der Waals surface area contributed by atoms with Crippen LogP contribution in [-0.4, -0.2) is 0 Å². The van der Waals surface area contributed by atoms with Gasteiger partial charge in [-0.05, 0) is 152 Å². The van der Waals surface area contributed by atoms with Crippen LogP contribution in [0.2, 0.25) is 0 Å². The van der Waals surface area contributed by atoms with Crippen LogP contribution in [0.1, 0.15) is 56.8 Å². The maximum atomic E-state index is 2.57. The Hall–Kier alpha value is -8.72. The molecule has 14 rings (SSSR count). The van der Waals surface area contributed by atoms with Crippen LogP contribution in [0.15, 0.2) is 279 Å². The highest BCUT2D eigenvalue weighted by Gasteiger charge is 2.60. The quantitative estimate of drug-likeness (QED) is 0.157. The molecule has 0 radical (unpaired) electrons. The number of hydrogen-bond donors (Lipinski definition) is 0. The van der Waals surface area contributed by atoms with E-state index in [-0.39, 0.29) is 5.92 Å². The molecule has 0 aliphatic heterocycles. The zero-order chi connectivity index (χ0) is 46.2. The van der Waals surface area contributed by atoms with E-state index in [0.717, 1.165) is 40.5 Å². The van der Waals surface area contributed by atoms with Crippen LogP contribution in [0, 0.1) is 0 Å². The Labute approximate surface area is 410 Å². The monoisotopic (exact) mass is 892 g/mol. The molecule has 10 aromatic carbocycles. The van der Waals surface area contributed by atoms with E-state index in [4.69, 9.17) is 0 Å². The van der Waals surface area contributed by atoms with Gasteiger partial charge in [0, 0.05) is 40.0 Å². The predicted molar refractivity (Wildman–Crippen MR) is 289 cm³/mol. The van der Waals surface area contributed by atoms with E-state index < -0.39 is 10.8 Å². The Kier molecular flexibility index (Phi) is 9.19. The smallest absolute Gasteiger partial charge is 0.0720 e. The minimum Gasteiger partial charge on any atom is -0.311 e. The molecule has 2 spiro atoms. The summed E-state index contributed by atoms with van der Waals surface area (Å²) in [5.74, 6) is 0.287. The molecule has 4 aliphatic carbocycles. The number of nitrogens with zero attached hydrogens (tertiary/aromatic N) is 2. The topological polar surface area (TPSA) is 6.48 Å². The minimum absolute atomic E-state index is 0.287. The molecule has 0 heterocycles. The summed E-state index contributed by atoms with van der Waals surface area (Å²) in [6.07, 6.45) is 8.11. The molecule has 4 aliphatic rings. The van der Waals surface area contributed by atoms with Crippen molar-refractivity contribution < 1.29 is 0 Å². The molecular formula is C68H48N2. The highest BCUT2D eigenvalue weighted by Crippen LogP contribution is 2.69. The lowest BCUT2D eigenvalue weighted by Gasteiger charge is -2.50. The summed E-state index contributed by atoms with van der Waals surface area (Å²) in [6.45, 7) is 0. The van der Waals surface area contributed by atoms with Crippen LogP contribution in [0.3, 0.4) is 0 Å². The van der Waals surface area contributed by atoms with Crippen molar-refractivity contribution in [2.75, 3.05) is 9.80 Å². The van der Waals surface area contributed by atoms with Gasteiger partial charge in [0.25, 0.3) is 0 Å². The zero-order valence-corrected chi connectivity index (χ0v) is 38.7. The fourth-order valence-corrected chi connectivity index (χ4v) is 13.0. The molecule has 0 bridgehead atoms. The van der Waals surface area contributed by atoms with Gasteiger partial charge in [0.1, 0.15) is 0 Å². The molecular weight excluding hydrogens is 845 g/mol. The van der Waals surface area contributed by atoms with Gasteiger partial charge < -0.3 is 9.80 Å². The maximum Gasteiger partial charge on any atom is 0.0720 e. The molecule has 70 heavy (non-hydrogen) atoms. The molecule has 2 heteroatoms. The van der Waals surface area contributed by atoms with Gasteiger partial charge in [-0.15, -0.1) is 0 Å². The third-order valence-electron chi connectivity index (χ3n) is 15.7. The van der Waals surface area contributed by atoms with E-state index in [0.29, 0.717) is 0 Å². The van der Waals surface area contributed by atoms with Crippen molar-refractivity contribution in [3.05, 3.63) is 323 Å². The Bertz CT molecular complexity index is 3600. The van der Waals surface area contributed by atoms with E-state index in [1.807, 2.05) is 0 Å². The van der Waals surface area contributed by atoms with Gasteiger partial charge in [-0.1, -0.05) is 200 Å². The molecule has 0 aromatic heterocycles. The third-order valence-corrected chi connectivity index (χ3v) is 15.7. The van der Waals surface area contributed by atoms with Gasteiger partial charge >= 0.3 is 0 Å². The number of anilines is 6. The normalized spacial score (nSPS) is 17.1. The lowest BCUT2D eigenvalue weighted by Crippen LogP contribution is -2.44. The van der Waals surface area contributed by atoms with Crippen molar-refractivity contribution in [3.63, 3.8) is 0 Å². The third kappa shape index (κ3) is 5.74. The molecule has 2 atom stereocenters. The van der Waals surface area contributed by atoms with Crippen LogP contribution in [0.5, 0.6) is 0 Å². The largest absolute Gasteiger partial charge is 0.311 e. The Morgan fingerprint density at radius 1 is 0.314 bits per heavy atom. The van der Waals surface area contributed by atoms with Crippen molar-refractivity contribution in [2.24, 2.45) is 0 Å². The van der Waals surface area contributed by atoms with Gasteiger partial charge in [0.15, 0.2) is 0 Å². The van der Waals surface area contributed by atoms with Crippen molar-refractivity contribution in [3.8, 4) is 22.3 Å². The predicted octanol–water partition coefficient (Wildman–Crippen LogP) is 17.3. The maximum absolute atomic E-state index is 2.57. The molecule has 0 N–H and O–H groups in total. The lowest BCUT2D eigenvalue weighted by atomic mass is 9.52. The number of rotatable bonds is 7. The lowest BCUT2D eigenvalue weighted by molar-refractivity contribution is 0.609. The van der Waals surface area contributed by atoms with Gasteiger partial charge in [-0.25, -0.2) is 0 Å². The summed E-state index contributed by atoms with van der Waals surface area (Å²) in [6, 6.07) is 94.7. The summed E-state index contributed by atoms with van der Waals surface area (Å²) in [5, 5.41) is 0. The molecule has 0 saturated heterocycles. The van der Waals surface area contributed by atoms with Crippen molar-refractivity contribution in [2.45, 2.75) is 23.2 Å². The van der Waals surface area contributed by atoms with E-state index >= 15 is 0 Å². The van der Waals surface area contributed by atoms with Crippen LogP contribution < -0.4 is 9.80 Å². The first-order valence-electron chi connectivity index (χ1n) is 24.6. The molecule has 330 valence electrons. The summed E-state index contributed by atoms with van der Waals surface area (Å²) in [4.78, 5) is 4.76. The SMILES string of the molecule is C1=CCC2C(=C1)C1(c3ccccc32)c2ccccc2C2(c3ccccc3-c3ccccc32)c2ccc(N(c3ccccc3)c3ccc(-c4ccc(N(c5ccccc5)c5ccccc5)cc4)cc3)cc21. The number of allylic oxidation sites excluding steroid dienone is 4. The molecule has 0 amide bonds. The zero-order valence-electron chi connectivity index (χ0n) is 38.7. The summed E-state index contributed by atoms with van der Waals surface area (Å²) in [5.41, 5.74) is 23.1. The first-order chi connectivity index (χ1) is 34.7. The first-order valence-corrected chi connectivity index (χ1v) is 24.6. The Balaban J connectivity index is 0.954. The number of fused-ring (bicyclic) bond motifs is 16. The second kappa shape index (κ2) is 15.9. The molecule has 0 saturated carbocycles. The number of hydrogen-bond acceptors (Lipinski definition) is 2. The summed E-state index contributed by atoms with van der Waals surface area (Å²) in [7, 11) is 0. The van der Waals surface area contributed by atoms with Crippen LogP contribution in [0.4, 0.5) is 34.1 Å².